The first-order chi connectivity index (χ1) is 8.56. The molecule has 18 heavy (non-hydrogen) atoms. The Hall–Kier alpha value is -1.90. The van der Waals surface area contributed by atoms with Crippen LogP contribution in [-0.4, -0.2) is 0 Å². The Morgan fingerprint density at radius 1 is 0.944 bits per heavy atom. The van der Waals surface area contributed by atoms with Gasteiger partial charge in [0.2, 0.25) is 0 Å². The Morgan fingerprint density at radius 2 is 1.72 bits per heavy atom. The summed E-state index contributed by atoms with van der Waals surface area (Å²) in [5, 5.41) is 3.08. The van der Waals surface area contributed by atoms with Crippen LogP contribution in [0.2, 0.25) is 0 Å². The topological polar surface area (TPSA) is 12.0 Å². The summed E-state index contributed by atoms with van der Waals surface area (Å²) in [6, 6.07) is 10.00. The molecule has 0 aliphatic carbocycles. The third kappa shape index (κ3) is 2.86. The fourth-order valence-corrected chi connectivity index (χ4v) is 1.85. The molecule has 1 nitrogen and oxygen atoms in total. The lowest BCUT2D eigenvalue weighted by molar-refractivity contribution is 0.509. The number of hydrogen-bond donors (Lipinski definition) is 1. The van der Waals surface area contributed by atoms with Crippen LogP contribution in [0.1, 0.15) is 16.7 Å². The summed E-state index contributed by atoms with van der Waals surface area (Å²) in [6.07, 6.45) is 0. The minimum Gasteiger partial charge on any atom is -0.381 e. The van der Waals surface area contributed by atoms with Crippen LogP contribution in [0, 0.1) is 25.5 Å². The van der Waals surface area contributed by atoms with E-state index >= 15 is 0 Å². The first-order valence-electron chi connectivity index (χ1n) is 5.81. The van der Waals surface area contributed by atoms with E-state index in [-0.39, 0.29) is 0 Å². The van der Waals surface area contributed by atoms with Crippen LogP contribution in [0.5, 0.6) is 0 Å². The van der Waals surface area contributed by atoms with Crippen LogP contribution in [0.4, 0.5) is 14.5 Å². The maximum Gasteiger partial charge on any atom is 0.160 e. The molecule has 0 bridgehead atoms. The van der Waals surface area contributed by atoms with Crippen molar-refractivity contribution in [1.82, 2.24) is 0 Å². The molecule has 2 aromatic rings. The molecule has 0 spiro atoms. The zero-order valence-electron chi connectivity index (χ0n) is 10.4. The first-order valence-corrected chi connectivity index (χ1v) is 5.81. The van der Waals surface area contributed by atoms with E-state index in [0.717, 1.165) is 11.6 Å². The van der Waals surface area contributed by atoms with Gasteiger partial charge in [-0.05, 0) is 37.1 Å². The van der Waals surface area contributed by atoms with Crippen LogP contribution < -0.4 is 5.32 Å². The fraction of sp³-hybridized carbons (Fsp3) is 0.200. The van der Waals surface area contributed by atoms with Crippen molar-refractivity contribution in [3.63, 3.8) is 0 Å². The smallest absolute Gasteiger partial charge is 0.160 e. The highest BCUT2D eigenvalue weighted by Gasteiger charge is 2.03. The van der Waals surface area contributed by atoms with Gasteiger partial charge in [-0.15, -0.1) is 0 Å². The van der Waals surface area contributed by atoms with E-state index in [0.29, 0.717) is 12.2 Å². The summed E-state index contributed by atoms with van der Waals surface area (Å²) in [4.78, 5) is 0. The van der Waals surface area contributed by atoms with Gasteiger partial charge in [-0.2, -0.15) is 0 Å². The monoisotopic (exact) mass is 247 g/mol. The van der Waals surface area contributed by atoms with E-state index in [1.54, 1.807) is 0 Å². The molecule has 2 aromatic carbocycles. The highest BCUT2D eigenvalue weighted by molar-refractivity contribution is 5.45. The van der Waals surface area contributed by atoms with Crippen LogP contribution >= 0.6 is 0 Å². The summed E-state index contributed by atoms with van der Waals surface area (Å²) in [5.41, 5.74) is 4.12. The SMILES string of the molecule is Cc1ccc(CNc2ccc(F)c(F)c2)c(C)c1. The second kappa shape index (κ2) is 5.17. The summed E-state index contributed by atoms with van der Waals surface area (Å²) in [5.74, 6) is -1.66. The van der Waals surface area contributed by atoms with Gasteiger partial charge in [0, 0.05) is 18.3 Å². The molecule has 0 fully saturated rings. The molecule has 0 heterocycles. The molecule has 0 atom stereocenters. The standard InChI is InChI=1S/C15H15F2N/c1-10-3-4-12(11(2)7-10)9-18-13-5-6-14(16)15(17)8-13/h3-8,18H,9H2,1-2H3. The van der Waals surface area contributed by atoms with Crippen LogP contribution in [0.3, 0.4) is 0 Å². The van der Waals surface area contributed by atoms with Crippen molar-refractivity contribution < 1.29 is 8.78 Å². The number of anilines is 1. The molecule has 0 aliphatic heterocycles. The maximum atomic E-state index is 13.0. The van der Waals surface area contributed by atoms with Crippen molar-refractivity contribution in [3.8, 4) is 0 Å². The third-order valence-electron chi connectivity index (χ3n) is 2.90. The van der Waals surface area contributed by atoms with Crippen molar-refractivity contribution in [2.45, 2.75) is 20.4 Å². The van der Waals surface area contributed by atoms with Gasteiger partial charge in [-0.25, -0.2) is 8.78 Å². The normalized spacial score (nSPS) is 10.4. The molecule has 1 N–H and O–H groups in total. The average Bonchev–Trinajstić information content (AvgIpc) is 2.32. The van der Waals surface area contributed by atoms with E-state index in [1.807, 2.05) is 26.0 Å². The molecule has 3 heteroatoms. The van der Waals surface area contributed by atoms with Crippen LogP contribution in [-0.2, 0) is 6.54 Å². The number of halogens is 2. The average molecular weight is 247 g/mol. The molecule has 0 aliphatic rings. The minimum absolute atomic E-state index is 0.578. The largest absolute Gasteiger partial charge is 0.381 e. The predicted molar refractivity (Wildman–Crippen MR) is 69.6 cm³/mol. The zero-order chi connectivity index (χ0) is 13.1. The van der Waals surface area contributed by atoms with Crippen molar-refractivity contribution in [2.75, 3.05) is 5.32 Å². The number of hydrogen-bond acceptors (Lipinski definition) is 1. The Bertz CT molecular complexity index is 564. The Labute approximate surface area is 105 Å². The van der Waals surface area contributed by atoms with Crippen molar-refractivity contribution >= 4 is 5.69 Å². The summed E-state index contributed by atoms with van der Waals surface area (Å²) in [6.45, 7) is 4.67. The van der Waals surface area contributed by atoms with Gasteiger partial charge < -0.3 is 5.32 Å². The molecular formula is C15H15F2N. The quantitative estimate of drug-likeness (QED) is 0.857. The molecule has 0 aromatic heterocycles. The predicted octanol–water partition coefficient (Wildman–Crippen LogP) is 4.19. The lowest BCUT2D eigenvalue weighted by Crippen LogP contribution is -2.02. The van der Waals surface area contributed by atoms with E-state index in [9.17, 15) is 8.78 Å². The second-order valence-electron chi connectivity index (χ2n) is 4.41. The minimum atomic E-state index is -0.833. The van der Waals surface area contributed by atoms with Crippen molar-refractivity contribution in [1.29, 1.82) is 0 Å². The van der Waals surface area contributed by atoms with Gasteiger partial charge in [-0.3, -0.25) is 0 Å². The third-order valence-corrected chi connectivity index (χ3v) is 2.90. The molecular weight excluding hydrogens is 232 g/mol. The first kappa shape index (κ1) is 12.6. The van der Waals surface area contributed by atoms with Gasteiger partial charge in [0.05, 0.1) is 0 Å². The lowest BCUT2D eigenvalue weighted by Gasteiger charge is -2.10. The molecule has 0 radical (unpaired) electrons. The molecule has 94 valence electrons. The summed E-state index contributed by atoms with van der Waals surface area (Å²) in [7, 11) is 0. The highest BCUT2D eigenvalue weighted by atomic mass is 19.2. The van der Waals surface area contributed by atoms with Crippen LogP contribution in [0.25, 0.3) is 0 Å². The lowest BCUT2D eigenvalue weighted by atomic mass is 10.1. The number of benzene rings is 2. The van der Waals surface area contributed by atoms with Gasteiger partial charge in [0.1, 0.15) is 0 Å². The molecule has 0 saturated heterocycles. The fourth-order valence-electron chi connectivity index (χ4n) is 1.85. The summed E-state index contributed by atoms with van der Waals surface area (Å²) < 4.78 is 25.8. The Balaban J connectivity index is 2.09. The van der Waals surface area contributed by atoms with Gasteiger partial charge in [0.15, 0.2) is 11.6 Å². The number of nitrogens with one attached hydrogen (secondary N) is 1. The van der Waals surface area contributed by atoms with Crippen LogP contribution in [0.15, 0.2) is 36.4 Å². The molecule has 0 amide bonds. The summed E-state index contributed by atoms with van der Waals surface area (Å²) >= 11 is 0. The maximum absolute atomic E-state index is 13.0. The molecule has 0 unspecified atom stereocenters. The van der Waals surface area contributed by atoms with E-state index in [1.165, 1.54) is 23.3 Å². The van der Waals surface area contributed by atoms with Gasteiger partial charge in [-0.1, -0.05) is 23.8 Å². The van der Waals surface area contributed by atoms with Crippen molar-refractivity contribution in [2.24, 2.45) is 0 Å². The Morgan fingerprint density at radius 3 is 2.39 bits per heavy atom. The van der Waals surface area contributed by atoms with Gasteiger partial charge in [0.25, 0.3) is 0 Å². The van der Waals surface area contributed by atoms with Crippen molar-refractivity contribution in [3.05, 3.63) is 64.7 Å². The van der Waals surface area contributed by atoms with E-state index in [4.69, 9.17) is 0 Å². The van der Waals surface area contributed by atoms with E-state index < -0.39 is 11.6 Å². The molecule has 2 rings (SSSR count). The Kier molecular flexibility index (Phi) is 3.60. The zero-order valence-corrected chi connectivity index (χ0v) is 10.4. The van der Waals surface area contributed by atoms with E-state index in [2.05, 4.69) is 11.4 Å². The molecule has 0 saturated carbocycles. The highest BCUT2D eigenvalue weighted by Crippen LogP contribution is 2.16. The number of rotatable bonds is 3. The second-order valence-corrected chi connectivity index (χ2v) is 4.41. The number of aryl methyl sites for hydroxylation is 2. The van der Waals surface area contributed by atoms with Gasteiger partial charge >= 0.3 is 0 Å².